The maximum absolute atomic E-state index is 11.7. The van der Waals surface area contributed by atoms with Crippen LogP contribution in [0.1, 0.15) is 52.4 Å². The lowest BCUT2D eigenvalue weighted by Crippen LogP contribution is -2.24. The zero-order valence-corrected chi connectivity index (χ0v) is 11.3. The molecule has 0 aromatic carbocycles. The lowest BCUT2D eigenvalue weighted by molar-refractivity contribution is 0.0691. The van der Waals surface area contributed by atoms with Crippen LogP contribution in [0.3, 0.4) is 0 Å². The average molecular weight is 280 g/mol. The van der Waals surface area contributed by atoms with Crippen LogP contribution in [0.2, 0.25) is 0 Å². The van der Waals surface area contributed by atoms with Crippen LogP contribution >= 0.6 is 11.3 Å². The number of nitrogens with one attached hydrogen (secondary N) is 1. The number of hydrogen-bond acceptors (Lipinski definition) is 4. The summed E-state index contributed by atoms with van der Waals surface area (Å²) in [5, 5.41) is 13.1. The molecule has 0 saturated carbocycles. The Labute approximate surface area is 115 Å². The Morgan fingerprint density at radius 2 is 2.26 bits per heavy atom. The molecule has 2 rings (SSSR count). The van der Waals surface area contributed by atoms with Gasteiger partial charge >= 0.3 is 5.97 Å². The number of rotatable bonds is 5. The van der Waals surface area contributed by atoms with Crippen LogP contribution in [-0.4, -0.2) is 28.5 Å². The maximum atomic E-state index is 11.7. The molecule has 0 fully saturated rings. The first-order chi connectivity index (χ1) is 9.16. The fourth-order valence-corrected chi connectivity index (χ4v) is 2.73. The van der Waals surface area contributed by atoms with E-state index < -0.39 is 5.97 Å². The first kappa shape index (κ1) is 13.7. The van der Waals surface area contributed by atoms with E-state index in [-0.39, 0.29) is 16.6 Å². The van der Waals surface area contributed by atoms with Gasteiger partial charge in [-0.2, -0.15) is 0 Å². The molecule has 0 saturated heterocycles. The highest BCUT2D eigenvalue weighted by molar-refractivity contribution is 7.11. The number of aromatic carboxylic acids is 1. The molecule has 0 spiro atoms. The topological polar surface area (TPSA) is 79.3 Å². The van der Waals surface area contributed by atoms with E-state index in [4.69, 9.17) is 5.11 Å². The fraction of sp³-hybridized carbons (Fsp3) is 0.462. The van der Waals surface area contributed by atoms with Gasteiger partial charge in [0.15, 0.2) is 10.7 Å². The summed E-state index contributed by atoms with van der Waals surface area (Å²) in [6.45, 7) is 0.576. The highest BCUT2D eigenvalue weighted by atomic mass is 32.1. The third-order valence-electron chi connectivity index (χ3n) is 3.03. The van der Waals surface area contributed by atoms with Gasteiger partial charge < -0.3 is 10.4 Å². The van der Waals surface area contributed by atoms with Crippen LogP contribution in [-0.2, 0) is 0 Å². The Kier molecular flexibility index (Phi) is 4.68. The van der Waals surface area contributed by atoms with Gasteiger partial charge in [-0.05, 0) is 32.1 Å². The minimum absolute atomic E-state index is 0.0786. The SMILES string of the molecule is O=C(O)c1csc(C(=O)NCCC2=CCCCC2)n1. The zero-order valence-electron chi connectivity index (χ0n) is 10.5. The highest BCUT2D eigenvalue weighted by Crippen LogP contribution is 2.19. The van der Waals surface area contributed by atoms with Gasteiger partial charge in [0.2, 0.25) is 0 Å². The molecule has 19 heavy (non-hydrogen) atoms. The molecule has 0 bridgehead atoms. The van der Waals surface area contributed by atoms with Crippen molar-refractivity contribution in [3.63, 3.8) is 0 Å². The van der Waals surface area contributed by atoms with E-state index in [1.54, 1.807) is 0 Å². The number of carboxylic acids is 1. The van der Waals surface area contributed by atoms with E-state index in [1.165, 1.54) is 23.8 Å². The van der Waals surface area contributed by atoms with Gasteiger partial charge in [0, 0.05) is 11.9 Å². The lowest BCUT2D eigenvalue weighted by Gasteiger charge is -2.12. The van der Waals surface area contributed by atoms with Crippen molar-refractivity contribution >= 4 is 23.2 Å². The smallest absolute Gasteiger partial charge is 0.355 e. The molecule has 1 aliphatic carbocycles. The molecular weight excluding hydrogens is 264 g/mol. The molecule has 1 aromatic rings. The second-order valence-electron chi connectivity index (χ2n) is 4.46. The van der Waals surface area contributed by atoms with Crippen LogP contribution in [0.15, 0.2) is 17.0 Å². The number of carboxylic acid groups (broad SMARTS) is 1. The summed E-state index contributed by atoms with van der Waals surface area (Å²) in [6, 6.07) is 0. The monoisotopic (exact) mass is 280 g/mol. The summed E-state index contributed by atoms with van der Waals surface area (Å²) in [6.07, 6.45) is 7.86. The molecule has 1 heterocycles. The van der Waals surface area contributed by atoms with Crippen molar-refractivity contribution in [2.45, 2.75) is 32.1 Å². The van der Waals surface area contributed by atoms with Gasteiger partial charge in [-0.1, -0.05) is 11.6 Å². The number of nitrogens with zero attached hydrogens (tertiary/aromatic N) is 1. The summed E-state index contributed by atoms with van der Waals surface area (Å²) in [7, 11) is 0. The van der Waals surface area contributed by atoms with Crippen LogP contribution in [0, 0.1) is 0 Å². The molecule has 1 aliphatic rings. The van der Waals surface area contributed by atoms with E-state index >= 15 is 0 Å². The predicted molar refractivity (Wildman–Crippen MR) is 72.6 cm³/mol. The molecule has 1 amide bonds. The van der Waals surface area contributed by atoms with Gasteiger partial charge in [0.05, 0.1) is 0 Å². The van der Waals surface area contributed by atoms with Crippen LogP contribution in [0.4, 0.5) is 0 Å². The molecule has 102 valence electrons. The standard InChI is InChI=1S/C13H16N2O3S/c16-11(12-15-10(8-19-12)13(17)18)14-7-6-9-4-2-1-3-5-9/h4,8H,1-3,5-7H2,(H,14,16)(H,17,18). The maximum Gasteiger partial charge on any atom is 0.355 e. The molecular formula is C13H16N2O3S. The van der Waals surface area contributed by atoms with Crippen LogP contribution < -0.4 is 5.32 Å². The number of hydrogen-bond donors (Lipinski definition) is 2. The average Bonchev–Trinajstić information content (AvgIpc) is 2.89. The minimum Gasteiger partial charge on any atom is -0.476 e. The van der Waals surface area contributed by atoms with Gasteiger partial charge in [-0.15, -0.1) is 11.3 Å². The Balaban J connectivity index is 1.80. The highest BCUT2D eigenvalue weighted by Gasteiger charge is 2.14. The Bertz CT molecular complexity index is 508. The number of carbonyl (C=O) groups is 2. The van der Waals surface area contributed by atoms with Gasteiger partial charge in [-0.25, -0.2) is 9.78 Å². The number of thiazole rings is 1. The number of aromatic nitrogens is 1. The quantitative estimate of drug-likeness (QED) is 0.812. The van der Waals surface area contributed by atoms with Crippen molar-refractivity contribution < 1.29 is 14.7 Å². The van der Waals surface area contributed by atoms with Crippen molar-refractivity contribution in [2.75, 3.05) is 6.54 Å². The first-order valence-electron chi connectivity index (χ1n) is 6.32. The van der Waals surface area contributed by atoms with Crippen LogP contribution in [0.25, 0.3) is 0 Å². The van der Waals surface area contributed by atoms with E-state index in [0.29, 0.717) is 6.54 Å². The first-order valence-corrected chi connectivity index (χ1v) is 7.19. The summed E-state index contributed by atoms with van der Waals surface area (Å²) in [5.41, 5.74) is 1.32. The van der Waals surface area contributed by atoms with Crippen molar-refractivity contribution in [1.29, 1.82) is 0 Å². The normalized spacial score (nSPS) is 14.8. The van der Waals surface area contributed by atoms with Crippen molar-refractivity contribution in [2.24, 2.45) is 0 Å². The fourth-order valence-electron chi connectivity index (χ4n) is 2.02. The van der Waals surface area contributed by atoms with Crippen molar-refractivity contribution in [3.05, 3.63) is 27.7 Å². The molecule has 0 aliphatic heterocycles. The molecule has 2 N–H and O–H groups in total. The van der Waals surface area contributed by atoms with E-state index in [1.807, 2.05) is 0 Å². The van der Waals surface area contributed by atoms with Crippen molar-refractivity contribution in [3.8, 4) is 0 Å². The lowest BCUT2D eigenvalue weighted by atomic mass is 9.97. The third kappa shape index (κ3) is 3.89. The van der Waals surface area contributed by atoms with E-state index in [0.717, 1.165) is 30.6 Å². The number of carbonyl (C=O) groups excluding carboxylic acids is 1. The third-order valence-corrected chi connectivity index (χ3v) is 3.88. The van der Waals surface area contributed by atoms with E-state index in [9.17, 15) is 9.59 Å². The zero-order chi connectivity index (χ0) is 13.7. The summed E-state index contributed by atoms with van der Waals surface area (Å²) in [5.74, 6) is -1.41. The molecule has 0 radical (unpaired) electrons. The molecule has 1 aromatic heterocycles. The van der Waals surface area contributed by atoms with Gasteiger partial charge in [-0.3, -0.25) is 4.79 Å². The van der Waals surface area contributed by atoms with Crippen molar-refractivity contribution in [1.82, 2.24) is 10.3 Å². The van der Waals surface area contributed by atoms with Gasteiger partial charge in [0.1, 0.15) is 0 Å². The molecule has 6 heteroatoms. The second kappa shape index (κ2) is 6.47. The Morgan fingerprint density at radius 3 is 2.89 bits per heavy atom. The summed E-state index contributed by atoms with van der Waals surface area (Å²) < 4.78 is 0. The number of amides is 1. The number of allylic oxidation sites excluding steroid dienone is 1. The Hall–Kier alpha value is -1.69. The predicted octanol–water partition coefficient (Wildman–Crippen LogP) is 2.46. The second-order valence-corrected chi connectivity index (χ2v) is 5.32. The largest absolute Gasteiger partial charge is 0.476 e. The summed E-state index contributed by atoms with van der Waals surface area (Å²) >= 11 is 1.05. The Morgan fingerprint density at radius 1 is 1.42 bits per heavy atom. The van der Waals surface area contributed by atoms with E-state index in [2.05, 4.69) is 16.4 Å². The summed E-state index contributed by atoms with van der Waals surface area (Å²) in [4.78, 5) is 26.2. The van der Waals surface area contributed by atoms with Crippen LogP contribution in [0.5, 0.6) is 0 Å². The minimum atomic E-state index is -1.11. The molecule has 5 nitrogen and oxygen atoms in total. The molecule has 0 atom stereocenters. The molecule has 0 unspecified atom stereocenters. The van der Waals surface area contributed by atoms with Gasteiger partial charge in [0.25, 0.3) is 5.91 Å².